The number of nitrogens with zero attached hydrogens (tertiary/aromatic N) is 2. The second-order valence-corrected chi connectivity index (χ2v) is 17.5. The molecule has 0 aliphatic heterocycles. The smallest absolute Gasteiger partial charge is 0.341 e. The first-order valence-electron chi connectivity index (χ1n) is 21.5. The topological polar surface area (TPSA) is 186 Å². The highest BCUT2D eigenvalue weighted by atomic mass is 32.2. The fourth-order valence-electron chi connectivity index (χ4n) is 6.90. The predicted octanol–water partition coefficient (Wildman–Crippen LogP) is 10.5. The number of carboxylic acids is 2. The van der Waals surface area contributed by atoms with E-state index >= 15 is 0 Å². The van der Waals surface area contributed by atoms with Gasteiger partial charge in [0.25, 0.3) is 11.8 Å². The van der Waals surface area contributed by atoms with Gasteiger partial charge in [-0.3, -0.25) is 14.4 Å². The molecule has 2 aliphatic rings. The number of carbonyl (C=O) groups excluding carboxylic acids is 2. The number of hydrogen-bond acceptors (Lipinski definition) is 11. The highest BCUT2D eigenvalue weighted by molar-refractivity contribution is 7.99. The van der Waals surface area contributed by atoms with Gasteiger partial charge in [0.2, 0.25) is 11.8 Å². The summed E-state index contributed by atoms with van der Waals surface area (Å²) in [5.74, 6) is 1.45. The van der Waals surface area contributed by atoms with Gasteiger partial charge in [-0.05, 0) is 111 Å². The van der Waals surface area contributed by atoms with Crippen molar-refractivity contribution in [1.82, 2.24) is 20.6 Å². The molecule has 0 spiro atoms. The number of ether oxygens (including phenoxy) is 3. The van der Waals surface area contributed by atoms with Crippen molar-refractivity contribution in [2.45, 2.75) is 126 Å². The Balaban J connectivity index is 0.000000234. The highest BCUT2D eigenvalue weighted by Crippen LogP contribution is 2.31. The number of benzene rings is 2. The van der Waals surface area contributed by atoms with Crippen LogP contribution in [0.3, 0.4) is 0 Å². The van der Waals surface area contributed by atoms with Crippen molar-refractivity contribution in [3.8, 4) is 29.0 Å². The minimum absolute atomic E-state index is 0.0726. The molecule has 0 bridgehead atoms. The lowest BCUT2D eigenvalue weighted by atomic mass is 9.95. The van der Waals surface area contributed by atoms with Crippen LogP contribution in [-0.2, 0) is 9.59 Å². The Kier molecular flexibility index (Phi) is 19.2. The van der Waals surface area contributed by atoms with Crippen LogP contribution < -0.4 is 24.8 Å². The summed E-state index contributed by atoms with van der Waals surface area (Å²) in [7, 11) is 0. The Labute approximate surface area is 372 Å². The molecule has 1 atom stereocenters. The zero-order chi connectivity index (χ0) is 44.3. The average molecular weight is 887 g/mol. The normalized spacial score (nSPS) is 14.7. The summed E-state index contributed by atoms with van der Waals surface area (Å²) in [4.78, 5) is 56.6. The van der Waals surface area contributed by atoms with E-state index in [0.29, 0.717) is 55.8 Å². The highest BCUT2D eigenvalue weighted by Gasteiger charge is 2.22. The SMILES string of the molecule is CCCSc1nc(Oc2ccc(C(C)C(=O)O)cc2)ccc1C(=O)NC1CCCCC1.CCCSc1nc(Oc2ccc(OCC(=O)O)cc2)ccc1C(=O)NC1CCCCC1. The molecule has 1 unspecified atom stereocenters. The second-order valence-electron chi connectivity index (χ2n) is 15.3. The molecule has 2 aromatic heterocycles. The fraction of sp³-hybridized carbons (Fsp3) is 0.447. The molecule has 332 valence electrons. The van der Waals surface area contributed by atoms with Gasteiger partial charge >= 0.3 is 11.9 Å². The minimum atomic E-state index is -1.03. The molecule has 15 heteroatoms. The van der Waals surface area contributed by atoms with Gasteiger partial charge in [0.05, 0.1) is 17.0 Å². The third kappa shape index (κ3) is 15.3. The number of carboxylic acid groups (broad SMARTS) is 2. The number of thioether (sulfide) groups is 2. The Bertz CT molecular complexity index is 2070. The van der Waals surface area contributed by atoms with Crippen molar-refractivity contribution in [2.75, 3.05) is 18.1 Å². The maximum absolute atomic E-state index is 12.9. The lowest BCUT2D eigenvalue weighted by Crippen LogP contribution is -2.36. The summed E-state index contributed by atoms with van der Waals surface area (Å²) in [5, 5.41) is 25.5. The largest absolute Gasteiger partial charge is 0.482 e. The van der Waals surface area contributed by atoms with Crippen molar-refractivity contribution >= 4 is 47.3 Å². The van der Waals surface area contributed by atoms with Gasteiger partial charge in [0, 0.05) is 24.2 Å². The van der Waals surface area contributed by atoms with Gasteiger partial charge < -0.3 is 35.1 Å². The summed E-state index contributed by atoms with van der Waals surface area (Å²) in [6, 6.07) is 21.0. The number of rotatable bonds is 19. The molecular formula is C47H58N4O9S2. The molecule has 62 heavy (non-hydrogen) atoms. The van der Waals surface area contributed by atoms with Gasteiger partial charge in [-0.1, -0.05) is 64.5 Å². The van der Waals surface area contributed by atoms with E-state index in [1.807, 2.05) is 0 Å². The summed E-state index contributed by atoms with van der Waals surface area (Å²) in [5.41, 5.74) is 1.87. The fourth-order valence-corrected chi connectivity index (χ4v) is 8.64. The van der Waals surface area contributed by atoms with Gasteiger partial charge in [-0.2, -0.15) is 0 Å². The first kappa shape index (κ1) is 47.8. The molecule has 0 saturated heterocycles. The van der Waals surface area contributed by atoms with Gasteiger partial charge in [0.15, 0.2) is 6.61 Å². The molecule has 6 rings (SSSR count). The average Bonchev–Trinajstić information content (AvgIpc) is 3.28. The van der Waals surface area contributed by atoms with E-state index in [4.69, 9.17) is 24.4 Å². The third-order valence-corrected chi connectivity index (χ3v) is 12.7. The first-order chi connectivity index (χ1) is 30.0. The number of nitrogens with one attached hydrogen (secondary N) is 2. The van der Waals surface area contributed by atoms with Crippen molar-refractivity contribution in [1.29, 1.82) is 0 Å². The Morgan fingerprint density at radius 3 is 1.45 bits per heavy atom. The summed E-state index contributed by atoms with van der Waals surface area (Å²) >= 11 is 3.10. The van der Waals surface area contributed by atoms with Crippen LogP contribution in [0.5, 0.6) is 29.0 Å². The quantitative estimate of drug-likeness (QED) is 0.0652. The molecule has 2 fully saturated rings. The zero-order valence-electron chi connectivity index (χ0n) is 35.7. The van der Waals surface area contributed by atoms with E-state index in [9.17, 15) is 19.2 Å². The number of aromatic nitrogens is 2. The molecular weight excluding hydrogens is 829 g/mol. The molecule has 2 heterocycles. The van der Waals surface area contributed by atoms with Crippen molar-refractivity contribution in [2.24, 2.45) is 0 Å². The van der Waals surface area contributed by atoms with E-state index in [0.717, 1.165) is 75.7 Å². The number of amides is 2. The molecule has 2 amide bonds. The molecule has 0 radical (unpaired) electrons. The Morgan fingerprint density at radius 2 is 1.05 bits per heavy atom. The summed E-state index contributed by atoms with van der Waals surface area (Å²) in [6.07, 6.45) is 13.2. The molecule has 4 N–H and O–H groups in total. The second kappa shape index (κ2) is 25.0. The number of aliphatic carboxylic acids is 2. The van der Waals surface area contributed by atoms with E-state index in [2.05, 4.69) is 34.4 Å². The molecule has 2 aromatic carbocycles. The molecule has 13 nitrogen and oxygen atoms in total. The Hall–Kier alpha value is -5.28. The predicted molar refractivity (Wildman–Crippen MR) is 241 cm³/mol. The maximum atomic E-state index is 12.9. The third-order valence-electron chi connectivity index (χ3n) is 10.3. The van der Waals surface area contributed by atoms with Gasteiger partial charge in [0.1, 0.15) is 27.3 Å². The van der Waals surface area contributed by atoms with Crippen LogP contribution in [0.4, 0.5) is 0 Å². The van der Waals surface area contributed by atoms with Crippen LogP contribution in [0.1, 0.15) is 130 Å². The van der Waals surface area contributed by atoms with Crippen molar-refractivity contribution < 1.29 is 43.6 Å². The summed E-state index contributed by atoms with van der Waals surface area (Å²) < 4.78 is 16.8. The zero-order valence-corrected chi connectivity index (χ0v) is 37.4. The molecule has 4 aromatic rings. The van der Waals surface area contributed by atoms with Crippen LogP contribution in [0.2, 0.25) is 0 Å². The number of hydrogen-bond donors (Lipinski definition) is 4. The number of carbonyl (C=O) groups is 4. The van der Waals surface area contributed by atoms with Gasteiger partial charge in [-0.15, -0.1) is 23.5 Å². The lowest BCUT2D eigenvalue weighted by Gasteiger charge is -2.23. The minimum Gasteiger partial charge on any atom is -0.482 e. The van der Waals surface area contributed by atoms with E-state index in [1.165, 1.54) is 12.8 Å². The van der Waals surface area contributed by atoms with Crippen LogP contribution in [0.15, 0.2) is 82.8 Å². The Morgan fingerprint density at radius 1 is 0.629 bits per heavy atom. The van der Waals surface area contributed by atoms with Crippen LogP contribution >= 0.6 is 23.5 Å². The van der Waals surface area contributed by atoms with Crippen LogP contribution in [0.25, 0.3) is 0 Å². The maximum Gasteiger partial charge on any atom is 0.341 e. The monoisotopic (exact) mass is 886 g/mol. The van der Waals surface area contributed by atoms with Crippen molar-refractivity contribution in [3.05, 3.63) is 89.5 Å². The lowest BCUT2D eigenvalue weighted by molar-refractivity contribution is -0.139. The van der Waals surface area contributed by atoms with Crippen molar-refractivity contribution in [3.63, 3.8) is 0 Å². The van der Waals surface area contributed by atoms with E-state index in [-0.39, 0.29) is 23.9 Å². The van der Waals surface area contributed by atoms with Crippen LogP contribution in [-0.4, -0.2) is 74.1 Å². The van der Waals surface area contributed by atoms with Gasteiger partial charge in [-0.25, -0.2) is 14.8 Å². The first-order valence-corrected chi connectivity index (χ1v) is 23.5. The summed E-state index contributed by atoms with van der Waals surface area (Å²) in [6.45, 7) is 5.43. The van der Waals surface area contributed by atoms with Crippen LogP contribution in [0, 0.1) is 0 Å². The number of pyridine rings is 2. The van der Waals surface area contributed by atoms with E-state index in [1.54, 1.807) is 103 Å². The van der Waals surface area contributed by atoms with E-state index < -0.39 is 24.5 Å². The standard InChI is InChI=1S/C24H30N2O4S.C23H28N2O5S/c1-3-15-31-23-20(22(27)25-18-7-5-4-6-8-18)13-14-21(26-23)30-19-11-9-17(10-12-19)16(2)24(28)29;1-2-14-31-23-19(22(28)24-16-6-4-3-5-7-16)12-13-20(25-23)30-18-10-8-17(9-11-18)29-15-21(26)27/h9-14,16,18H,3-8,15H2,1-2H3,(H,25,27)(H,28,29);8-13,16H,2-7,14-15H2,1H3,(H,24,28)(H,26,27). The molecule has 2 saturated carbocycles. The molecule has 2 aliphatic carbocycles.